The molecule has 1 atom stereocenters. The summed E-state index contributed by atoms with van der Waals surface area (Å²) in [6, 6.07) is 11.7. The highest BCUT2D eigenvalue weighted by atomic mass is 32.2. The van der Waals surface area contributed by atoms with Crippen LogP contribution in [-0.4, -0.2) is 35.2 Å². The largest absolute Gasteiger partial charge is 0.449 e. The highest BCUT2D eigenvalue weighted by Gasteiger charge is 2.26. The van der Waals surface area contributed by atoms with E-state index in [1.54, 1.807) is 36.6 Å². The summed E-state index contributed by atoms with van der Waals surface area (Å²) in [5.74, 6) is -1.90. The molecule has 0 fully saturated rings. The quantitative estimate of drug-likeness (QED) is 0.328. The van der Waals surface area contributed by atoms with Crippen LogP contribution >= 0.6 is 11.8 Å². The van der Waals surface area contributed by atoms with Gasteiger partial charge < -0.3 is 10.1 Å². The second-order valence-corrected chi connectivity index (χ2v) is 6.38. The first kappa shape index (κ1) is 20.9. The number of imide groups is 1. The summed E-state index contributed by atoms with van der Waals surface area (Å²) >= 11 is 1.29. The summed E-state index contributed by atoms with van der Waals surface area (Å²) in [4.78, 5) is 47.2. The molecule has 146 valence electrons. The van der Waals surface area contributed by atoms with Crippen molar-refractivity contribution in [3.63, 3.8) is 0 Å². The Kier molecular flexibility index (Phi) is 7.10. The normalized spacial score (nSPS) is 11.2. The van der Waals surface area contributed by atoms with Crippen molar-refractivity contribution in [3.05, 3.63) is 64.2 Å². The summed E-state index contributed by atoms with van der Waals surface area (Å²) < 4.78 is 4.99. The lowest BCUT2D eigenvalue weighted by Gasteiger charge is -2.13. The van der Waals surface area contributed by atoms with Gasteiger partial charge in [0, 0.05) is 16.6 Å². The summed E-state index contributed by atoms with van der Waals surface area (Å²) in [5, 5.41) is 15.6. The second-order valence-electron chi connectivity index (χ2n) is 5.50. The third-order valence-electron chi connectivity index (χ3n) is 3.54. The fourth-order valence-corrected chi connectivity index (χ4v) is 2.58. The maximum Gasteiger partial charge on any atom is 0.345 e. The Morgan fingerprint density at radius 3 is 2.43 bits per heavy atom. The Morgan fingerprint density at radius 1 is 1.14 bits per heavy atom. The van der Waals surface area contributed by atoms with E-state index in [0.29, 0.717) is 10.6 Å². The number of para-hydroxylation sites is 1. The first-order chi connectivity index (χ1) is 13.3. The lowest BCUT2D eigenvalue weighted by atomic mass is 10.2. The smallest absolute Gasteiger partial charge is 0.345 e. The number of urea groups is 1. The van der Waals surface area contributed by atoms with Crippen LogP contribution in [0.15, 0.2) is 53.4 Å². The van der Waals surface area contributed by atoms with Crippen molar-refractivity contribution in [3.8, 4) is 0 Å². The molecule has 0 heterocycles. The molecule has 0 radical (unpaired) electrons. The van der Waals surface area contributed by atoms with Gasteiger partial charge in [0.15, 0.2) is 6.10 Å². The van der Waals surface area contributed by atoms with Crippen molar-refractivity contribution in [2.75, 3.05) is 11.6 Å². The molecular weight excluding hydrogens is 386 g/mol. The number of nitrogens with zero attached hydrogens (tertiary/aromatic N) is 1. The van der Waals surface area contributed by atoms with E-state index in [4.69, 9.17) is 4.74 Å². The highest BCUT2D eigenvalue weighted by Crippen LogP contribution is 2.25. The predicted octanol–water partition coefficient (Wildman–Crippen LogP) is 3.21. The average molecular weight is 403 g/mol. The molecule has 0 saturated heterocycles. The third-order valence-corrected chi connectivity index (χ3v) is 4.27. The zero-order valence-electron chi connectivity index (χ0n) is 15.0. The van der Waals surface area contributed by atoms with Crippen LogP contribution in [-0.2, 0) is 9.53 Å². The standard InChI is InChI=1S/C18H17N3O6S/c1-11(16(22)20-18(24)19-12-6-4-3-5-7-12)27-17(23)14-10-13(28-2)8-9-15(14)21(25)26/h3-11H,1-2H3,(H2,19,20,22,24). The number of hydrogen-bond donors (Lipinski definition) is 2. The van der Waals surface area contributed by atoms with Crippen LogP contribution in [0.4, 0.5) is 16.2 Å². The number of rotatable bonds is 6. The van der Waals surface area contributed by atoms with Gasteiger partial charge in [0.1, 0.15) is 5.56 Å². The number of carbonyl (C=O) groups excluding carboxylic acids is 3. The fourth-order valence-electron chi connectivity index (χ4n) is 2.14. The Bertz CT molecular complexity index is 903. The molecule has 0 aliphatic carbocycles. The van der Waals surface area contributed by atoms with Crippen molar-refractivity contribution in [2.45, 2.75) is 17.9 Å². The van der Waals surface area contributed by atoms with Crippen LogP contribution in [0.25, 0.3) is 0 Å². The van der Waals surface area contributed by atoms with Crippen LogP contribution in [0.3, 0.4) is 0 Å². The molecule has 2 rings (SSSR count). The lowest BCUT2D eigenvalue weighted by Crippen LogP contribution is -2.41. The first-order valence-corrected chi connectivity index (χ1v) is 9.24. The monoisotopic (exact) mass is 403 g/mol. The molecule has 2 aromatic rings. The van der Waals surface area contributed by atoms with Gasteiger partial charge in [-0.05, 0) is 37.4 Å². The SMILES string of the molecule is CSc1ccc([N+](=O)[O-])c(C(=O)OC(C)C(=O)NC(=O)Nc2ccccc2)c1. The van der Waals surface area contributed by atoms with Gasteiger partial charge in [0.25, 0.3) is 11.6 Å². The minimum Gasteiger partial charge on any atom is -0.449 e. The molecule has 1 unspecified atom stereocenters. The topological polar surface area (TPSA) is 128 Å². The molecule has 0 saturated carbocycles. The third kappa shape index (κ3) is 5.55. The van der Waals surface area contributed by atoms with Crippen LogP contribution in [0, 0.1) is 10.1 Å². The van der Waals surface area contributed by atoms with Gasteiger partial charge >= 0.3 is 12.0 Å². The summed E-state index contributed by atoms with van der Waals surface area (Å²) in [7, 11) is 0. The number of ether oxygens (including phenoxy) is 1. The van der Waals surface area contributed by atoms with E-state index in [0.717, 1.165) is 0 Å². The maximum absolute atomic E-state index is 12.3. The maximum atomic E-state index is 12.3. The number of nitrogens with one attached hydrogen (secondary N) is 2. The number of esters is 1. The highest BCUT2D eigenvalue weighted by molar-refractivity contribution is 7.98. The fraction of sp³-hybridized carbons (Fsp3) is 0.167. The number of anilines is 1. The number of carbonyl (C=O) groups is 3. The van der Waals surface area contributed by atoms with E-state index >= 15 is 0 Å². The van der Waals surface area contributed by atoms with Crippen molar-refractivity contribution < 1.29 is 24.0 Å². The van der Waals surface area contributed by atoms with Gasteiger partial charge in [0.05, 0.1) is 4.92 Å². The van der Waals surface area contributed by atoms with Crippen LogP contribution < -0.4 is 10.6 Å². The molecule has 0 aliphatic heterocycles. The molecule has 10 heteroatoms. The minimum atomic E-state index is -1.34. The minimum absolute atomic E-state index is 0.273. The number of thioether (sulfide) groups is 1. The summed E-state index contributed by atoms with van der Waals surface area (Å²) in [5.41, 5.74) is -0.232. The predicted molar refractivity (Wildman–Crippen MR) is 103 cm³/mol. The van der Waals surface area contributed by atoms with Crippen molar-refractivity contribution in [2.24, 2.45) is 0 Å². The van der Waals surface area contributed by atoms with Crippen LogP contribution in [0.1, 0.15) is 17.3 Å². The zero-order chi connectivity index (χ0) is 20.7. The van der Waals surface area contributed by atoms with Gasteiger partial charge in [-0.3, -0.25) is 20.2 Å². The number of hydrogen-bond acceptors (Lipinski definition) is 7. The summed E-state index contributed by atoms with van der Waals surface area (Å²) in [6.07, 6.45) is 0.407. The Labute approximate surface area is 164 Å². The van der Waals surface area contributed by atoms with Crippen molar-refractivity contribution in [1.82, 2.24) is 5.32 Å². The van der Waals surface area contributed by atoms with Crippen LogP contribution in [0.2, 0.25) is 0 Å². The average Bonchev–Trinajstić information content (AvgIpc) is 2.67. The van der Waals surface area contributed by atoms with Gasteiger partial charge in [-0.2, -0.15) is 0 Å². The van der Waals surface area contributed by atoms with E-state index in [1.807, 2.05) is 5.32 Å². The molecule has 28 heavy (non-hydrogen) atoms. The molecule has 0 aliphatic rings. The molecule has 0 spiro atoms. The summed E-state index contributed by atoms with van der Waals surface area (Å²) in [6.45, 7) is 1.26. The van der Waals surface area contributed by atoms with Gasteiger partial charge in [-0.1, -0.05) is 18.2 Å². The van der Waals surface area contributed by atoms with Crippen LogP contribution in [0.5, 0.6) is 0 Å². The molecule has 2 aromatic carbocycles. The zero-order valence-corrected chi connectivity index (χ0v) is 15.8. The van der Waals surface area contributed by atoms with E-state index < -0.39 is 34.6 Å². The Morgan fingerprint density at radius 2 is 1.82 bits per heavy atom. The number of amides is 3. The molecule has 3 amide bonds. The van der Waals surface area contributed by atoms with Crippen molar-refractivity contribution in [1.29, 1.82) is 0 Å². The Hall–Kier alpha value is -3.40. The molecule has 2 N–H and O–H groups in total. The number of nitro groups is 1. The van der Waals surface area contributed by atoms with Gasteiger partial charge in [-0.15, -0.1) is 11.8 Å². The van der Waals surface area contributed by atoms with Gasteiger partial charge in [0.2, 0.25) is 0 Å². The molecule has 9 nitrogen and oxygen atoms in total. The molecule has 0 bridgehead atoms. The van der Waals surface area contributed by atoms with E-state index in [9.17, 15) is 24.5 Å². The molecular formula is C18H17N3O6S. The van der Waals surface area contributed by atoms with E-state index in [-0.39, 0.29) is 5.56 Å². The Balaban J connectivity index is 2.02. The van der Waals surface area contributed by atoms with Crippen molar-refractivity contribution >= 4 is 41.0 Å². The second kappa shape index (κ2) is 9.51. The lowest BCUT2D eigenvalue weighted by molar-refractivity contribution is -0.385. The first-order valence-electron chi connectivity index (χ1n) is 8.02. The van der Waals surface area contributed by atoms with E-state index in [2.05, 4.69) is 5.32 Å². The molecule has 0 aromatic heterocycles. The van der Waals surface area contributed by atoms with E-state index in [1.165, 1.54) is 36.9 Å². The van der Waals surface area contributed by atoms with Gasteiger partial charge in [-0.25, -0.2) is 9.59 Å². The number of nitro benzene ring substituents is 1. The number of benzene rings is 2.